The van der Waals surface area contributed by atoms with Crippen LogP contribution in [0.5, 0.6) is 0 Å². The number of nitrogens with zero attached hydrogens (tertiary/aromatic N) is 3. The number of hydrogen-bond donors (Lipinski definition) is 2. The van der Waals surface area contributed by atoms with E-state index < -0.39 is 0 Å². The zero-order valence-corrected chi connectivity index (χ0v) is 14.5. The fourth-order valence-electron chi connectivity index (χ4n) is 3.14. The third kappa shape index (κ3) is 3.22. The number of carbonyl (C=O) groups is 1. The third-order valence-corrected chi connectivity index (χ3v) is 4.38. The van der Waals surface area contributed by atoms with Crippen LogP contribution in [-0.2, 0) is 0 Å². The molecular formula is C18H25N5O. The van der Waals surface area contributed by atoms with Crippen molar-refractivity contribution in [2.45, 2.75) is 19.4 Å². The highest BCUT2D eigenvalue weighted by Crippen LogP contribution is 2.34. The van der Waals surface area contributed by atoms with Gasteiger partial charge in [0, 0.05) is 44.1 Å². The normalized spacial score (nSPS) is 20.3. The predicted octanol–water partition coefficient (Wildman–Crippen LogP) is 2.39. The molecule has 2 aliphatic heterocycles. The molecule has 24 heavy (non-hydrogen) atoms. The summed E-state index contributed by atoms with van der Waals surface area (Å²) in [6.45, 7) is 4.35. The molecule has 1 aromatic rings. The molecule has 3 rings (SSSR count). The van der Waals surface area contributed by atoms with E-state index in [9.17, 15) is 4.79 Å². The highest BCUT2D eigenvalue weighted by atomic mass is 16.2. The van der Waals surface area contributed by atoms with Crippen molar-refractivity contribution in [3.05, 3.63) is 29.8 Å². The van der Waals surface area contributed by atoms with Crippen LogP contribution < -0.4 is 15.5 Å². The molecule has 2 aliphatic rings. The number of benzene rings is 1. The van der Waals surface area contributed by atoms with Crippen LogP contribution >= 0.6 is 0 Å². The van der Waals surface area contributed by atoms with Gasteiger partial charge in [-0.15, -0.1) is 0 Å². The number of rotatable bonds is 3. The van der Waals surface area contributed by atoms with Crippen LogP contribution in [-0.4, -0.2) is 57.0 Å². The van der Waals surface area contributed by atoms with E-state index >= 15 is 0 Å². The maximum Gasteiger partial charge on any atom is 0.323 e. The second kappa shape index (κ2) is 6.95. The maximum atomic E-state index is 12.4. The van der Waals surface area contributed by atoms with Gasteiger partial charge in [-0.2, -0.15) is 0 Å². The summed E-state index contributed by atoms with van der Waals surface area (Å²) in [7, 11) is 3.56. The van der Waals surface area contributed by atoms with E-state index in [1.165, 1.54) is 11.1 Å². The zero-order chi connectivity index (χ0) is 17.1. The number of nitrogens with one attached hydrogen (secondary N) is 2. The van der Waals surface area contributed by atoms with Crippen LogP contribution in [0, 0.1) is 0 Å². The molecule has 6 heteroatoms. The Kier molecular flexibility index (Phi) is 4.74. The van der Waals surface area contributed by atoms with Gasteiger partial charge in [-0.05, 0) is 37.1 Å². The fourth-order valence-corrected chi connectivity index (χ4v) is 3.14. The van der Waals surface area contributed by atoms with Crippen LogP contribution in [0.4, 0.5) is 16.2 Å². The third-order valence-electron chi connectivity index (χ3n) is 4.38. The first kappa shape index (κ1) is 16.4. The number of hydrogen-bond acceptors (Lipinski definition) is 4. The Morgan fingerprint density at radius 1 is 1.42 bits per heavy atom. The van der Waals surface area contributed by atoms with E-state index in [1.54, 1.807) is 30.2 Å². The highest BCUT2D eigenvalue weighted by molar-refractivity contribution is 5.93. The van der Waals surface area contributed by atoms with E-state index in [-0.39, 0.29) is 12.1 Å². The Bertz CT molecular complexity index is 672. The summed E-state index contributed by atoms with van der Waals surface area (Å²) in [5.74, 6) is 0. The lowest BCUT2D eigenvalue weighted by atomic mass is 9.94. The number of urea groups is 1. The molecule has 0 aromatic heterocycles. The molecular weight excluding hydrogens is 302 g/mol. The summed E-state index contributed by atoms with van der Waals surface area (Å²) in [4.78, 5) is 20.0. The monoisotopic (exact) mass is 327 g/mol. The summed E-state index contributed by atoms with van der Waals surface area (Å²) in [5.41, 5.74) is 4.54. The van der Waals surface area contributed by atoms with Gasteiger partial charge in [0.25, 0.3) is 0 Å². The molecule has 0 saturated heterocycles. The smallest absolute Gasteiger partial charge is 0.323 e. The molecule has 0 saturated carbocycles. The number of anilines is 2. The molecule has 2 amide bonds. The largest absolute Gasteiger partial charge is 0.384 e. The van der Waals surface area contributed by atoms with Crippen molar-refractivity contribution in [3.63, 3.8) is 0 Å². The van der Waals surface area contributed by atoms with Crippen molar-refractivity contribution in [3.8, 4) is 0 Å². The second-order valence-corrected chi connectivity index (χ2v) is 6.29. The van der Waals surface area contributed by atoms with Crippen molar-refractivity contribution in [1.29, 1.82) is 0 Å². The van der Waals surface area contributed by atoms with E-state index in [2.05, 4.69) is 33.8 Å². The van der Waals surface area contributed by atoms with E-state index in [4.69, 9.17) is 0 Å². The molecule has 128 valence electrons. The topological polar surface area (TPSA) is 60.0 Å². The molecule has 0 aliphatic carbocycles. The summed E-state index contributed by atoms with van der Waals surface area (Å²) >= 11 is 0. The van der Waals surface area contributed by atoms with Crippen LogP contribution in [0.3, 0.4) is 0 Å². The first-order valence-electron chi connectivity index (χ1n) is 8.42. The van der Waals surface area contributed by atoms with Crippen molar-refractivity contribution in [1.82, 2.24) is 10.2 Å². The minimum absolute atomic E-state index is 0.00222. The van der Waals surface area contributed by atoms with Crippen LogP contribution in [0.2, 0.25) is 0 Å². The van der Waals surface area contributed by atoms with Crippen molar-refractivity contribution < 1.29 is 4.79 Å². The van der Waals surface area contributed by atoms with E-state index in [0.717, 1.165) is 30.9 Å². The Morgan fingerprint density at radius 3 is 2.92 bits per heavy atom. The summed E-state index contributed by atoms with van der Waals surface area (Å²) < 4.78 is 0. The molecule has 0 spiro atoms. The lowest BCUT2D eigenvalue weighted by Crippen LogP contribution is -2.39. The maximum absolute atomic E-state index is 12.4. The van der Waals surface area contributed by atoms with Gasteiger partial charge >= 0.3 is 6.03 Å². The van der Waals surface area contributed by atoms with Crippen molar-refractivity contribution in [2.24, 2.45) is 4.99 Å². The fraction of sp³-hybridized carbons (Fsp3) is 0.444. The molecule has 6 nitrogen and oxygen atoms in total. The molecule has 1 aromatic carbocycles. The lowest BCUT2D eigenvalue weighted by Gasteiger charge is -2.28. The Hall–Kier alpha value is -2.50. The molecule has 1 unspecified atom stereocenters. The first-order valence-corrected chi connectivity index (χ1v) is 8.42. The number of amides is 2. The Balaban J connectivity index is 1.94. The van der Waals surface area contributed by atoms with Crippen LogP contribution in [0.25, 0.3) is 5.57 Å². The van der Waals surface area contributed by atoms with Gasteiger partial charge in [-0.25, -0.2) is 4.79 Å². The molecule has 0 fully saturated rings. The first-order chi connectivity index (χ1) is 11.6. The van der Waals surface area contributed by atoms with Crippen LogP contribution in [0.1, 0.15) is 18.9 Å². The van der Waals surface area contributed by atoms with Gasteiger partial charge in [-0.3, -0.25) is 9.89 Å². The molecule has 2 N–H and O–H groups in total. The Morgan fingerprint density at radius 2 is 2.25 bits per heavy atom. The lowest BCUT2D eigenvalue weighted by molar-refractivity contribution is 0.224. The molecule has 0 bridgehead atoms. The molecule has 0 radical (unpaired) electrons. The number of aliphatic imine (C=N–C) groups is 1. The van der Waals surface area contributed by atoms with Gasteiger partial charge in [-0.1, -0.05) is 6.08 Å². The summed E-state index contributed by atoms with van der Waals surface area (Å²) in [6, 6.07) is 6.46. The van der Waals surface area contributed by atoms with Gasteiger partial charge in [0.2, 0.25) is 0 Å². The van der Waals surface area contributed by atoms with Gasteiger partial charge < -0.3 is 15.5 Å². The second-order valence-electron chi connectivity index (χ2n) is 6.29. The van der Waals surface area contributed by atoms with Crippen molar-refractivity contribution >= 4 is 29.3 Å². The average Bonchev–Trinajstić information content (AvgIpc) is 3.09. The van der Waals surface area contributed by atoms with Crippen molar-refractivity contribution in [2.75, 3.05) is 43.9 Å². The molecule has 2 heterocycles. The standard InChI is InChI=1S/C18H25N5O/c1-4-23(18(24)22(2)3)15-5-6-17-16(10-15)13(7-8-20-17)9-14-11-19-12-21-14/h5-6,9-10,12,14,20H,4,7-8,11H2,1-3H3,(H,19,21)/b13-9+. The minimum atomic E-state index is -0.00222. The Labute approximate surface area is 143 Å². The highest BCUT2D eigenvalue weighted by Gasteiger charge is 2.21. The summed E-state index contributed by atoms with van der Waals surface area (Å²) in [5, 5.41) is 6.70. The van der Waals surface area contributed by atoms with Gasteiger partial charge in [0.1, 0.15) is 0 Å². The SMILES string of the molecule is CCN(C(=O)N(C)C)c1ccc2c(c1)/C(=C/C1CN=CN1)CCN2. The average molecular weight is 327 g/mol. The summed E-state index contributed by atoms with van der Waals surface area (Å²) in [6.07, 6.45) is 5.01. The predicted molar refractivity (Wildman–Crippen MR) is 99.9 cm³/mol. The quantitative estimate of drug-likeness (QED) is 0.896. The van der Waals surface area contributed by atoms with Crippen LogP contribution in [0.15, 0.2) is 29.3 Å². The number of fused-ring (bicyclic) bond motifs is 1. The van der Waals surface area contributed by atoms with E-state index in [1.807, 2.05) is 13.0 Å². The van der Waals surface area contributed by atoms with Gasteiger partial charge in [0.05, 0.1) is 18.9 Å². The molecule has 1 atom stereocenters. The van der Waals surface area contributed by atoms with Gasteiger partial charge in [0.15, 0.2) is 0 Å². The van der Waals surface area contributed by atoms with E-state index in [0.29, 0.717) is 6.54 Å². The number of carbonyl (C=O) groups excluding carboxylic acids is 1. The zero-order valence-electron chi connectivity index (χ0n) is 14.5. The minimum Gasteiger partial charge on any atom is -0.384 e.